The fourth-order valence-electron chi connectivity index (χ4n) is 2.65. The third-order valence-corrected chi connectivity index (χ3v) is 6.06. The molecule has 3 aromatic carbocycles. The maximum atomic E-state index is 13.7. The molecular weight excluding hydrogens is 376 g/mol. The Hall–Kier alpha value is -2.78. The van der Waals surface area contributed by atoms with Gasteiger partial charge in [0.05, 0.1) is 0 Å². The summed E-state index contributed by atoms with van der Waals surface area (Å²) < 4.78 is 38.7. The highest BCUT2D eigenvalue weighted by atomic mass is 31.2. The molecule has 0 spiro atoms. The van der Waals surface area contributed by atoms with Gasteiger partial charge in [0.15, 0.2) is 0 Å². The Bertz CT molecular complexity index is 977. The van der Waals surface area contributed by atoms with E-state index in [1.807, 2.05) is 52.0 Å². The van der Waals surface area contributed by atoms with E-state index in [9.17, 15) is 8.96 Å². The van der Waals surface area contributed by atoms with Crippen LogP contribution in [0.15, 0.2) is 60.7 Å². The van der Waals surface area contributed by atoms with Crippen molar-refractivity contribution in [2.24, 2.45) is 0 Å². The fraction of sp³-hybridized carbons (Fsp3) is 0.182. The summed E-state index contributed by atoms with van der Waals surface area (Å²) in [5, 5.41) is 2.82. The third kappa shape index (κ3) is 4.55. The Labute approximate surface area is 164 Å². The lowest BCUT2D eigenvalue weighted by Gasteiger charge is -2.23. The molecule has 0 saturated heterocycles. The first-order valence-electron chi connectivity index (χ1n) is 8.93. The Morgan fingerprint density at radius 3 is 1.68 bits per heavy atom. The molecule has 0 amide bonds. The molecule has 0 aromatic heterocycles. The second-order valence-corrected chi connectivity index (χ2v) is 8.28. The first kappa shape index (κ1) is 20.0. The lowest BCUT2D eigenvalue weighted by atomic mass is 10.1. The molecule has 28 heavy (non-hydrogen) atoms. The summed E-state index contributed by atoms with van der Waals surface area (Å²) in [4.78, 5) is 0. The smallest absolute Gasteiger partial charge is 0.400 e. The second-order valence-electron chi connectivity index (χ2n) is 6.69. The molecule has 0 radical (unpaired) electrons. The number of aryl methyl sites for hydroxylation is 2. The molecule has 0 aliphatic heterocycles. The number of hydrogen-bond donors (Lipinski definition) is 1. The molecule has 0 fully saturated rings. The lowest BCUT2D eigenvalue weighted by Crippen LogP contribution is -2.11. The van der Waals surface area contributed by atoms with Crippen LogP contribution < -0.4 is 14.1 Å². The highest BCUT2D eigenvalue weighted by molar-refractivity contribution is 7.56. The summed E-state index contributed by atoms with van der Waals surface area (Å²) in [6.07, 6.45) is 0. The zero-order chi connectivity index (χ0) is 20.3. The van der Waals surface area contributed by atoms with Crippen molar-refractivity contribution >= 4 is 13.4 Å². The van der Waals surface area contributed by atoms with Gasteiger partial charge in [0.1, 0.15) is 17.3 Å². The normalized spacial score (nSPS) is 11.2. The van der Waals surface area contributed by atoms with Crippen LogP contribution in [-0.2, 0) is 4.57 Å². The van der Waals surface area contributed by atoms with E-state index in [2.05, 4.69) is 5.09 Å². The maximum absolute atomic E-state index is 13.7. The van der Waals surface area contributed by atoms with E-state index in [0.717, 1.165) is 22.3 Å². The number of halogens is 1. The van der Waals surface area contributed by atoms with Gasteiger partial charge in [-0.2, -0.15) is 0 Å². The molecule has 3 rings (SSSR count). The molecule has 0 heterocycles. The summed E-state index contributed by atoms with van der Waals surface area (Å²) in [6.45, 7) is 7.69. The zero-order valence-corrected chi connectivity index (χ0v) is 17.2. The number of anilines is 1. The molecule has 6 heteroatoms. The van der Waals surface area contributed by atoms with Gasteiger partial charge < -0.3 is 9.05 Å². The van der Waals surface area contributed by atoms with Crippen molar-refractivity contribution in [1.29, 1.82) is 0 Å². The molecule has 3 aromatic rings. The van der Waals surface area contributed by atoms with Crippen LogP contribution in [-0.4, -0.2) is 0 Å². The number of rotatable bonds is 6. The van der Waals surface area contributed by atoms with Gasteiger partial charge in [-0.3, -0.25) is 5.09 Å². The van der Waals surface area contributed by atoms with E-state index < -0.39 is 7.75 Å². The van der Waals surface area contributed by atoms with Crippen molar-refractivity contribution in [3.8, 4) is 11.5 Å². The van der Waals surface area contributed by atoms with Gasteiger partial charge in [0.2, 0.25) is 0 Å². The minimum absolute atomic E-state index is 0.383. The molecule has 0 bridgehead atoms. The Morgan fingerprint density at radius 2 is 1.21 bits per heavy atom. The first-order chi connectivity index (χ1) is 13.3. The predicted octanol–water partition coefficient (Wildman–Crippen LogP) is 6.74. The van der Waals surface area contributed by atoms with Gasteiger partial charge in [-0.15, -0.1) is 0 Å². The molecule has 0 aliphatic rings. The minimum atomic E-state index is -3.87. The van der Waals surface area contributed by atoms with Crippen molar-refractivity contribution < 1.29 is 18.0 Å². The Morgan fingerprint density at radius 1 is 0.750 bits per heavy atom. The topological polar surface area (TPSA) is 47.6 Å². The van der Waals surface area contributed by atoms with Crippen LogP contribution in [0.2, 0.25) is 0 Å². The first-order valence-corrected chi connectivity index (χ1v) is 10.5. The van der Waals surface area contributed by atoms with Gasteiger partial charge in [-0.05, 0) is 86.3 Å². The van der Waals surface area contributed by atoms with E-state index in [1.165, 1.54) is 24.3 Å². The summed E-state index contributed by atoms with van der Waals surface area (Å²) >= 11 is 0. The van der Waals surface area contributed by atoms with Crippen molar-refractivity contribution in [3.63, 3.8) is 0 Å². The van der Waals surface area contributed by atoms with Gasteiger partial charge in [-0.25, -0.2) is 8.96 Å². The SMILES string of the molecule is Cc1cccc(OP(=O)(Nc2ccc(F)cc2)Oc2cccc(C)c2C)c1C. The molecule has 0 unspecified atom stereocenters. The maximum Gasteiger partial charge on any atom is 0.541 e. The molecule has 0 saturated carbocycles. The van der Waals surface area contributed by atoms with Crippen LogP contribution in [0.1, 0.15) is 22.3 Å². The summed E-state index contributed by atoms with van der Waals surface area (Å²) in [5.74, 6) is 0.540. The van der Waals surface area contributed by atoms with Crippen LogP contribution in [0.3, 0.4) is 0 Å². The number of hydrogen-bond acceptors (Lipinski definition) is 3. The van der Waals surface area contributed by atoms with Gasteiger partial charge in [-0.1, -0.05) is 24.3 Å². The van der Waals surface area contributed by atoms with Crippen molar-refractivity contribution in [3.05, 3.63) is 88.7 Å². The van der Waals surface area contributed by atoms with E-state index in [4.69, 9.17) is 9.05 Å². The fourth-order valence-corrected chi connectivity index (χ4v) is 4.16. The van der Waals surface area contributed by atoms with Crippen LogP contribution in [0.4, 0.5) is 10.1 Å². The van der Waals surface area contributed by atoms with Crippen molar-refractivity contribution in [2.75, 3.05) is 5.09 Å². The Balaban J connectivity index is 1.99. The average Bonchev–Trinajstić information content (AvgIpc) is 2.65. The highest BCUT2D eigenvalue weighted by Gasteiger charge is 2.30. The second kappa shape index (κ2) is 8.07. The van der Waals surface area contributed by atoms with Gasteiger partial charge in [0, 0.05) is 5.69 Å². The van der Waals surface area contributed by atoms with Crippen molar-refractivity contribution in [1.82, 2.24) is 0 Å². The predicted molar refractivity (Wildman–Crippen MR) is 111 cm³/mol. The molecule has 4 nitrogen and oxygen atoms in total. The summed E-state index contributed by atoms with van der Waals surface area (Å²) in [5.41, 5.74) is 4.19. The zero-order valence-electron chi connectivity index (χ0n) is 16.3. The minimum Gasteiger partial charge on any atom is -0.400 e. The summed E-state index contributed by atoms with van der Waals surface area (Å²) in [6, 6.07) is 16.6. The van der Waals surface area contributed by atoms with E-state index in [1.54, 1.807) is 12.1 Å². The van der Waals surface area contributed by atoms with Crippen molar-refractivity contribution in [2.45, 2.75) is 27.7 Å². The lowest BCUT2D eigenvalue weighted by molar-refractivity contribution is 0.390. The highest BCUT2D eigenvalue weighted by Crippen LogP contribution is 2.50. The number of nitrogens with one attached hydrogen (secondary N) is 1. The van der Waals surface area contributed by atoms with Crippen LogP contribution in [0.25, 0.3) is 0 Å². The Kier molecular flexibility index (Phi) is 5.76. The molecular formula is C22H23FNO3P. The molecule has 146 valence electrons. The number of benzene rings is 3. The van der Waals surface area contributed by atoms with Crippen LogP contribution in [0, 0.1) is 33.5 Å². The van der Waals surface area contributed by atoms with Gasteiger partial charge >= 0.3 is 7.75 Å². The van der Waals surface area contributed by atoms with Crippen LogP contribution in [0.5, 0.6) is 11.5 Å². The summed E-state index contributed by atoms with van der Waals surface area (Å²) in [7, 11) is -3.87. The van der Waals surface area contributed by atoms with E-state index in [-0.39, 0.29) is 5.82 Å². The quantitative estimate of drug-likeness (QED) is 0.467. The largest absolute Gasteiger partial charge is 0.541 e. The van der Waals surface area contributed by atoms with E-state index in [0.29, 0.717) is 17.2 Å². The van der Waals surface area contributed by atoms with Gasteiger partial charge in [0.25, 0.3) is 0 Å². The monoisotopic (exact) mass is 399 g/mol. The molecule has 1 N–H and O–H groups in total. The molecule has 0 atom stereocenters. The third-order valence-electron chi connectivity index (χ3n) is 4.66. The average molecular weight is 399 g/mol. The molecule has 0 aliphatic carbocycles. The standard InChI is InChI=1S/C22H23FNO3P/c1-15-7-5-9-21(17(15)3)26-28(25,24-20-13-11-19(23)12-14-20)27-22-10-6-8-16(2)18(22)4/h5-14H,1-4H3,(H,24,25). The van der Waals surface area contributed by atoms with E-state index >= 15 is 0 Å². The van der Waals surface area contributed by atoms with Crippen LogP contribution >= 0.6 is 7.75 Å².